The van der Waals surface area contributed by atoms with Gasteiger partial charge < -0.3 is 26.0 Å². The zero-order valence-electron chi connectivity index (χ0n) is 29.9. The molecule has 13 nitrogen and oxygen atoms in total. The van der Waals surface area contributed by atoms with Gasteiger partial charge in [-0.25, -0.2) is 4.79 Å². The third-order valence-corrected chi connectivity index (χ3v) is 9.53. The molecule has 0 saturated carbocycles. The fourth-order valence-corrected chi connectivity index (χ4v) is 5.98. The number of carbonyl (C=O) groups is 7. The number of imide groups is 1. The van der Waals surface area contributed by atoms with E-state index in [9.17, 15) is 38.7 Å². The summed E-state index contributed by atoms with van der Waals surface area (Å²) in [5, 5.41) is 32.8. The van der Waals surface area contributed by atoms with Gasteiger partial charge in [-0.15, -0.1) is 0 Å². The van der Waals surface area contributed by atoms with Gasteiger partial charge in [0, 0.05) is 38.3 Å². The third-order valence-electron chi connectivity index (χ3n) is 9.53. The van der Waals surface area contributed by atoms with Crippen molar-refractivity contribution in [1.29, 1.82) is 0 Å². The normalized spacial score (nSPS) is 15.4. The molecule has 280 valence electrons. The van der Waals surface area contributed by atoms with E-state index in [1.54, 1.807) is 0 Å². The number of aliphatic carboxylic acids is 3. The molecule has 1 aliphatic heterocycles. The molecule has 2 unspecified atom stereocenters. The number of carboxylic acids is 3. The van der Waals surface area contributed by atoms with Crippen LogP contribution in [0.25, 0.3) is 0 Å². The van der Waals surface area contributed by atoms with E-state index < -0.39 is 29.4 Å². The number of rotatable bonds is 29. The molecule has 1 fully saturated rings. The Morgan fingerprint density at radius 1 is 0.714 bits per heavy atom. The van der Waals surface area contributed by atoms with Crippen LogP contribution in [0.2, 0.25) is 0 Å². The fourth-order valence-electron chi connectivity index (χ4n) is 5.98. The molecule has 0 spiro atoms. The lowest BCUT2D eigenvalue weighted by atomic mass is 9.85. The Kier molecular flexibility index (Phi) is 21.1. The molecule has 0 aromatic rings. The van der Waals surface area contributed by atoms with Crippen LogP contribution >= 0.6 is 0 Å². The largest absolute Gasteiger partial charge is 0.480 e. The summed E-state index contributed by atoms with van der Waals surface area (Å²) in [6, 6.07) is -1.21. The Hall–Kier alpha value is -3.51. The molecular formula is C36H61N3O10. The summed E-state index contributed by atoms with van der Waals surface area (Å²) in [5.74, 6) is -4.86. The summed E-state index contributed by atoms with van der Waals surface area (Å²) in [6.07, 6.45) is 15.3. The van der Waals surface area contributed by atoms with Crippen LogP contribution < -0.4 is 10.6 Å². The van der Waals surface area contributed by atoms with Crippen LogP contribution in [-0.4, -0.2) is 80.9 Å². The van der Waals surface area contributed by atoms with E-state index in [1.807, 2.05) is 13.8 Å². The van der Waals surface area contributed by atoms with Gasteiger partial charge in [-0.05, 0) is 38.5 Å². The molecule has 0 aromatic heterocycles. The van der Waals surface area contributed by atoms with Gasteiger partial charge in [-0.1, -0.05) is 97.3 Å². The second-order valence-electron chi connectivity index (χ2n) is 14.0. The lowest BCUT2D eigenvalue weighted by Crippen LogP contribution is -2.48. The second-order valence-corrected chi connectivity index (χ2v) is 14.0. The minimum atomic E-state index is -1.71. The van der Waals surface area contributed by atoms with Gasteiger partial charge in [-0.3, -0.25) is 33.7 Å². The molecular weight excluding hydrogens is 634 g/mol. The molecule has 0 bridgehead atoms. The maximum absolute atomic E-state index is 12.4. The summed E-state index contributed by atoms with van der Waals surface area (Å²) >= 11 is 0. The molecule has 1 aliphatic rings. The Morgan fingerprint density at radius 3 is 1.61 bits per heavy atom. The molecule has 1 heterocycles. The van der Waals surface area contributed by atoms with Crippen molar-refractivity contribution >= 4 is 41.5 Å². The first kappa shape index (κ1) is 43.5. The molecule has 1 saturated heterocycles. The Balaban J connectivity index is 2.04. The van der Waals surface area contributed by atoms with Crippen molar-refractivity contribution in [2.45, 2.75) is 155 Å². The van der Waals surface area contributed by atoms with E-state index in [1.165, 1.54) is 11.8 Å². The number of nitrogens with one attached hydrogen (secondary N) is 2. The summed E-state index contributed by atoms with van der Waals surface area (Å²) in [6.45, 7) is 5.27. The predicted octanol–water partition coefficient (Wildman–Crippen LogP) is 5.29. The summed E-state index contributed by atoms with van der Waals surface area (Å²) in [7, 11) is 0. The van der Waals surface area contributed by atoms with Gasteiger partial charge in [0.05, 0.1) is 0 Å². The zero-order valence-corrected chi connectivity index (χ0v) is 29.9. The molecule has 0 aliphatic carbocycles. The van der Waals surface area contributed by atoms with Crippen molar-refractivity contribution in [1.82, 2.24) is 15.5 Å². The lowest BCUT2D eigenvalue weighted by Gasteiger charge is -2.19. The second kappa shape index (κ2) is 23.8. The van der Waals surface area contributed by atoms with E-state index in [-0.39, 0.29) is 67.7 Å². The molecule has 1 rings (SSSR count). The van der Waals surface area contributed by atoms with Crippen molar-refractivity contribution < 1.29 is 48.9 Å². The van der Waals surface area contributed by atoms with Crippen LogP contribution in [-0.2, 0) is 33.6 Å². The topological polar surface area (TPSA) is 207 Å². The number of likely N-dealkylation sites (tertiary alicyclic amines) is 1. The molecule has 0 radical (unpaired) electrons. The first-order valence-corrected chi connectivity index (χ1v) is 18.3. The van der Waals surface area contributed by atoms with Gasteiger partial charge in [0.1, 0.15) is 6.04 Å². The predicted molar refractivity (Wildman–Crippen MR) is 183 cm³/mol. The van der Waals surface area contributed by atoms with Gasteiger partial charge in [-0.2, -0.15) is 0 Å². The Bertz CT molecular complexity index is 1080. The first-order valence-electron chi connectivity index (χ1n) is 18.3. The first-order chi connectivity index (χ1) is 23.2. The molecule has 0 aromatic carbocycles. The number of nitrogens with zero attached hydrogens (tertiary/aromatic N) is 1. The summed E-state index contributed by atoms with van der Waals surface area (Å²) < 4.78 is 0. The van der Waals surface area contributed by atoms with E-state index in [4.69, 9.17) is 10.2 Å². The number of carbonyl (C=O) groups excluding carboxylic acids is 4. The van der Waals surface area contributed by atoms with E-state index >= 15 is 0 Å². The van der Waals surface area contributed by atoms with Crippen LogP contribution in [0.15, 0.2) is 0 Å². The molecule has 49 heavy (non-hydrogen) atoms. The minimum absolute atomic E-state index is 0.118. The van der Waals surface area contributed by atoms with Crippen molar-refractivity contribution in [3.63, 3.8) is 0 Å². The van der Waals surface area contributed by atoms with Crippen LogP contribution in [0.3, 0.4) is 0 Å². The van der Waals surface area contributed by atoms with E-state index in [0.717, 1.165) is 70.6 Å². The van der Waals surface area contributed by atoms with Crippen molar-refractivity contribution in [3.8, 4) is 0 Å². The SMILES string of the molecule is CC(C)C1CC(=O)N(CCCCCC(=O)NCC(NC(=O)CCCCCCCCCCCCCCCC(C)(C(=O)O)C(=O)O)C(=O)O)C1=O. The maximum Gasteiger partial charge on any atom is 0.328 e. The Morgan fingerprint density at radius 2 is 1.16 bits per heavy atom. The minimum Gasteiger partial charge on any atom is -0.480 e. The third kappa shape index (κ3) is 17.1. The van der Waals surface area contributed by atoms with Gasteiger partial charge in [0.2, 0.25) is 23.6 Å². The van der Waals surface area contributed by atoms with Gasteiger partial charge in [0.25, 0.3) is 0 Å². The number of hydrogen-bond donors (Lipinski definition) is 5. The highest BCUT2D eigenvalue weighted by atomic mass is 16.4. The van der Waals surface area contributed by atoms with Crippen LogP contribution in [0.4, 0.5) is 0 Å². The van der Waals surface area contributed by atoms with Gasteiger partial charge >= 0.3 is 17.9 Å². The molecule has 4 amide bonds. The smallest absolute Gasteiger partial charge is 0.328 e. The van der Waals surface area contributed by atoms with E-state index in [2.05, 4.69) is 10.6 Å². The van der Waals surface area contributed by atoms with Gasteiger partial charge in [0.15, 0.2) is 5.41 Å². The van der Waals surface area contributed by atoms with E-state index in [0.29, 0.717) is 38.6 Å². The highest BCUT2D eigenvalue weighted by Gasteiger charge is 2.41. The summed E-state index contributed by atoms with van der Waals surface area (Å²) in [5.41, 5.74) is -1.71. The standard InChI is InChI=1S/C36H61N3O10/c1-26(2)27-24-31(42)39(32(27)43)23-19-15-17-20-29(40)37-25-28(33(44)45)38-30(41)21-16-13-11-9-7-5-4-6-8-10-12-14-18-22-36(3,34(46)47)35(48)49/h26-28H,4-25H2,1-3H3,(H,37,40)(H,38,41)(H,44,45)(H,46,47)(H,48,49). The van der Waals surface area contributed by atoms with Crippen LogP contribution in [0, 0.1) is 17.3 Å². The maximum atomic E-state index is 12.4. The average molecular weight is 696 g/mol. The zero-order chi connectivity index (χ0) is 36.8. The average Bonchev–Trinajstić information content (AvgIpc) is 3.32. The Labute approximate surface area is 291 Å². The van der Waals surface area contributed by atoms with Crippen molar-refractivity contribution in [2.24, 2.45) is 17.3 Å². The van der Waals surface area contributed by atoms with Crippen LogP contribution in [0.1, 0.15) is 149 Å². The lowest BCUT2D eigenvalue weighted by molar-refractivity contribution is -0.164. The van der Waals surface area contributed by atoms with Crippen molar-refractivity contribution in [2.75, 3.05) is 13.1 Å². The van der Waals surface area contributed by atoms with Crippen molar-refractivity contribution in [3.05, 3.63) is 0 Å². The fraction of sp³-hybridized carbons (Fsp3) is 0.806. The quantitative estimate of drug-likeness (QED) is 0.0388. The highest BCUT2D eigenvalue weighted by Crippen LogP contribution is 2.27. The number of hydrogen-bond acceptors (Lipinski definition) is 7. The summed E-state index contributed by atoms with van der Waals surface area (Å²) in [4.78, 5) is 84.3. The number of amides is 4. The highest BCUT2D eigenvalue weighted by molar-refractivity contribution is 6.03. The molecule has 5 N–H and O–H groups in total. The monoisotopic (exact) mass is 695 g/mol. The van der Waals surface area contributed by atoms with Crippen LogP contribution in [0.5, 0.6) is 0 Å². The number of unbranched alkanes of at least 4 members (excludes halogenated alkanes) is 14. The molecule has 13 heteroatoms. The molecule has 2 atom stereocenters. The number of carboxylic acid groups (broad SMARTS) is 3.